The maximum Gasteiger partial charge on any atom is 0.277 e. The maximum absolute atomic E-state index is 12.7. The standard InChI is InChI=1S/C18H15N5O2S2/c1-11-8-14(12(2)23(11)17-20-6-7-26-17)15(24)10-27-18-22-21-16(25-18)13-4-3-5-19-9-13/h3-9H,10H2,1-2H3. The van der Waals surface area contributed by atoms with Gasteiger partial charge in [-0.05, 0) is 32.0 Å². The first-order valence-electron chi connectivity index (χ1n) is 8.12. The van der Waals surface area contributed by atoms with Crippen molar-refractivity contribution < 1.29 is 9.21 Å². The van der Waals surface area contributed by atoms with Crippen LogP contribution in [0.4, 0.5) is 0 Å². The number of carbonyl (C=O) groups excluding carboxylic acids is 1. The molecule has 0 spiro atoms. The van der Waals surface area contributed by atoms with E-state index in [9.17, 15) is 4.79 Å². The largest absolute Gasteiger partial charge is 0.411 e. The average Bonchev–Trinajstić information content (AvgIpc) is 3.41. The predicted octanol–water partition coefficient (Wildman–Crippen LogP) is 3.97. The molecule has 4 heterocycles. The lowest BCUT2D eigenvalue weighted by atomic mass is 10.2. The van der Waals surface area contributed by atoms with Crippen molar-refractivity contribution in [3.8, 4) is 16.6 Å². The van der Waals surface area contributed by atoms with Gasteiger partial charge in [-0.1, -0.05) is 11.8 Å². The minimum Gasteiger partial charge on any atom is -0.411 e. The fourth-order valence-corrected chi connectivity index (χ4v) is 4.14. The Kier molecular flexibility index (Phi) is 4.87. The zero-order valence-electron chi connectivity index (χ0n) is 14.6. The molecule has 0 saturated carbocycles. The lowest BCUT2D eigenvalue weighted by Gasteiger charge is -2.05. The summed E-state index contributed by atoms with van der Waals surface area (Å²) in [5, 5.41) is 11.1. The molecule has 0 radical (unpaired) electrons. The number of Topliss-reactive ketones (excluding diaryl/α,β-unsaturated/α-hetero) is 1. The van der Waals surface area contributed by atoms with Crippen LogP contribution in [0.15, 0.2) is 51.8 Å². The first-order chi connectivity index (χ1) is 13.1. The molecule has 0 aliphatic rings. The molecular weight excluding hydrogens is 382 g/mol. The van der Waals surface area contributed by atoms with Crippen LogP contribution in [0.2, 0.25) is 0 Å². The monoisotopic (exact) mass is 397 g/mol. The van der Waals surface area contributed by atoms with E-state index in [-0.39, 0.29) is 11.5 Å². The van der Waals surface area contributed by atoms with Crippen LogP contribution < -0.4 is 0 Å². The molecule has 0 amide bonds. The van der Waals surface area contributed by atoms with Crippen LogP contribution in [0, 0.1) is 13.8 Å². The van der Waals surface area contributed by atoms with Gasteiger partial charge in [-0.2, -0.15) is 0 Å². The van der Waals surface area contributed by atoms with E-state index in [2.05, 4.69) is 20.2 Å². The van der Waals surface area contributed by atoms with Crippen molar-refractivity contribution >= 4 is 28.9 Å². The molecule has 0 N–H and O–H groups in total. The van der Waals surface area contributed by atoms with Crippen molar-refractivity contribution in [3.05, 3.63) is 59.1 Å². The summed E-state index contributed by atoms with van der Waals surface area (Å²) in [5.41, 5.74) is 3.29. The smallest absolute Gasteiger partial charge is 0.277 e. The molecular formula is C18H15N5O2S2. The normalized spacial score (nSPS) is 11.0. The second-order valence-electron chi connectivity index (χ2n) is 5.76. The van der Waals surface area contributed by atoms with Crippen LogP contribution in [-0.4, -0.2) is 36.3 Å². The Balaban J connectivity index is 1.48. The Hall–Kier alpha value is -2.78. The minimum absolute atomic E-state index is 0.0111. The summed E-state index contributed by atoms with van der Waals surface area (Å²) < 4.78 is 7.60. The highest BCUT2D eigenvalue weighted by Gasteiger charge is 2.19. The molecule has 4 aromatic heterocycles. The summed E-state index contributed by atoms with van der Waals surface area (Å²) >= 11 is 2.76. The summed E-state index contributed by atoms with van der Waals surface area (Å²) in [6, 6.07) is 5.54. The number of rotatable bonds is 6. The Labute approximate surface area is 163 Å². The number of thioether (sulfide) groups is 1. The molecule has 7 nitrogen and oxygen atoms in total. The number of nitrogens with zero attached hydrogens (tertiary/aromatic N) is 5. The van der Waals surface area contributed by atoms with Crippen molar-refractivity contribution in [2.75, 3.05) is 5.75 Å². The number of aryl methyl sites for hydroxylation is 1. The molecule has 4 rings (SSSR count). The third kappa shape index (κ3) is 3.56. The second-order valence-corrected chi connectivity index (χ2v) is 7.56. The summed E-state index contributed by atoms with van der Waals surface area (Å²) in [6.07, 6.45) is 5.09. The average molecular weight is 397 g/mol. The Morgan fingerprint density at radius 2 is 2.19 bits per heavy atom. The number of pyridine rings is 1. The van der Waals surface area contributed by atoms with Crippen LogP contribution in [-0.2, 0) is 0 Å². The second kappa shape index (κ2) is 7.45. The molecule has 4 aromatic rings. The number of hydrogen-bond donors (Lipinski definition) is 0. The van der Waals surface area contributed by atoms with Gasteiger partial charge in [0.05, 0.1) is 11.3 Å². The van der Waals surface area contributed by atoms with Gasteiger partial charge in [-0.15, -0.1) is 21.5 Å². The number of carbonyl (C=O) groups is 1. The van der Waals surface area contributed by atoms with Gasteiger partial charge in [0.15, 0.2) is 10.9 Å². The van der Waals surface area contributed by atoms with Crippen LogP contribution in [0.5, 0.6) is 0 Å². The van der Waals surface area contributed by atoms with Crippen LogP contribution >= 0.6 is 23.1 Å². The van der Waals surface area contributed by atoms with Crippen LogP contribution in [0.3, 0.4) is 0 Å². The minimum atomic E-state index is 0.0111. The fourth-order valence-electron chi connectivity index (χ4n) is 2.74. The summed E-state index contributed by atoms with van der Waals surface area (Å²) in [7, 11) is 0. The predicted molar refractivity (Wildman–Crippen MR) is 103 cm³/mol. The summed E-state index contributed by atoms with van der Waals surface area (Å²) in [4.78, 5) is 21.1. The summed E-state index contributed by atoms with van der Waals surface area (Å²) in [5.74, 6) is 0.619. The van der Waals surface area contributed by atoms with Gasteiger partial charge in [0.1, 0.15) is 0 Å². The Morgan fingerprint density at radius 1 is 1.30 bits per heavy atom. The van der Waals surface area contributed by atoms with Gasteiger partial charge in [-0.3, -0.25) is 14.3 Å². The third-order valence-corrected chi connectivity index (χ3v) is 5.56. The third-order valence-electron chi connectivity index (χ3n) is 3.98. The molecule has 0 aromatic carbocycles. The van der Waals surface area contributed by atoms with Gasteiger partial charge in [0.25, 0.3) is 5.22 Å². The molecule has 0 fully saturated rings. The number of aromatic nitrogens is 5. The zero-order chi connectivity index (χ0) is 18.8. The van der Waals surface area contributed by atoms with E-state index in [0.29, 0.717) is 16.7 Å². The van der Waals surface area contributed by atoms with Crippen molar-refractivity contribution in [1.82, 2.24) is 24.7 Å². The van der Waals surface area contributed by atoms with Gasteiger partial charge >= 0.3 is 0 Å². The fraction of sp³-hybridized carbons (Fsp3) is 0.167. The van der Waals surface area contributed by atoms with E-state index < -0.39 is 0 Å². The van der Waals surface area contributed by atoms with Crippen LogP contribution in [0.1, 0.15) is 21.7 Å². The molecule has 9 heteroatoms. The van der Waals surface area contributed by atoms with Gasteiger partial charge in [-0.25, -0.2) is 4.98 Å². The molecule has 0 aliphatic heterocycles. The summed E-state index contributed by atoms with van der Waals surface area (Å²) in [6.45, 7) is 3.90. The van der Waals surface area contributed by atoms with Crippen molar-refractivity contribution in [2.45, 2.75) is 19.1 Å². The van der Waals surface area contributed by atoms with E-state index in [0.717, 1.165) is 22.1 Å². The van der Waals surface area contributed by atoms with E-state index in [4.69, 9.17) is 4.42 Å². The number of ketones is 1. The highest BCUT2D eigenvalue weighted by atomic mass is 32.2. The molecule has 0 atom stereocenters. The van der Waals surface area contributed by atoms with Crippen molar-refractivity contribution in [3.63, 3.8) is 0 Å². The highest BCUT2D eigenvalue weighted by molar-refractivity contribution is 7.99. The van der Waals surface area contributed by atoms with Crippen LogP contribution in [0.25, 0.3) is 16.6 Å². The molecule has 0 unspecified atom stereocenters. The lowest BCUT2D eigenvalue weighted by Crippen LogP contribution is -2.05. The number of thiazole rings is 1. The van der Waals surface area contributed by atoms with Crippen molar-refractivity contribution in [1.29, 1.82) is 0 Å². The Morgan fingerprint density at radius 3 is 2.93 bits per heavy atom. The first-order valence-corrected chi connectivity index (χ1v) is 9.98. The topological polar surface area (TPSA) is 86.7 Å². The van der Waals surface area contributed by atoms with E-state index in [1.54, 1.807) is 24.7 Å². The lowest BCUT2D eigenvalue weighted by molar-refractivity contribution is 0.102. The van der Waals surface area contributed by atoms with Crippen molar-refractivity contribution in [2.24, 2.45) is 0 Å². The quantitative estimate of drug-likeness (QED) is 0.359. The van der Waals surface area contributed by atoms with E-state index in [1.807, 2.05) is 35.9 Å². The SMILES string of the molecule is Cc1cc(C(=O)CSc2nnc(-c3cccnc3)o2)c(C)n1-c1nccs1. The number of hydrogen-bond acceptors (Lipinski definition) is 8. The molecule has 0 saturated heterocycles. The molecule has 0 bridgehead atoms. The maximum atomic E-state index is 12.7. The molecule has 136 valence electrons. The van der Waals surface area contributed by atoms with E-state index >= 15 is 0 Å². The Bertz CT molecular complexity index is 1070. The van der Waals surface area contributed by atoms with Gasteiger partial charge in [0, 0.05) is 40.9 Å². The van der Waals surface area contributed by atoms with Gasteiger partial charge in [0.2, 0.25) is 5.89 Å². The first kappa shape index (κ1) is 17.6. The highest BCUT2D eigenvalue weighted by Crippen LogP contribution is 2.26. The molecule has 27 heavy (non-hydrogen) atoms. The van der Waals surface area contributed by atoms with Gasteiger partial charge < -0.3 is 4.42 Å². The van der Waals surface area contributed by atoms with E-state index in [1.165, 1.54) is 23.1 Å². The molecule has 0 aliphatic carbocycles. The zero-order valence-corrected chi connectivity index (χ0v) is 16.3.